The number of hydrogen-bond donors (Lipinski definition) is 0. The summed E-state index contributed by atoms with van der Waals surface area (Å²) in [7, 11) is 1.64. The molecular formula is C16H21NO4. The average molecular weight is 291 g/mol. The van der Waals surface area contributed by atoms with Gasteiger partial charge in [0.25, 0.3) is 0 Å². The molecule has 114 valence electrons. The van der Waals surface area contributed by atoms with E-state index in [0.29, 0.717) is 19.8 Å². The van der Waals surface area contributed by atoms with E-state index in [1.165, 1.54) is 0 Å². The van der Waals surface area contributed by atoms with Crippen molar-refractivity contribution >= 4 is 16.9 Å². The van der Waals surface area contributed by atoms with E-state index >= 15 is 0 Å². The lowest BCUT2D eigenvalue weighted by molar-refractivity contribution is -0.145. The van der Waals surface area contributed by atoms with E-state index in [1.54, 1.807) is 7.11 Å². The van der Waals surface area contributed by atoms with Crippen molar-refractivity contribution in [3.63, 3.8) is 0 Å². The fourth-order valence-corrected chi connectivity index (χ4v) is 2.09. The third kappa shape index (κ3) is 4.23. The SMILES string of the molecule is CCCOCCOC(=O)Cn1ccc2cc(OC)ccc21. The highest BCUT2D eigenvalue weighted by molar-refractivity contribution is 5.83. The van der Waals surface area contributed by atoms with Crippen molar-refractivity contribution in [1.29, 1.82) is 0 Å². The van der Waals surface area contributed by atoms with Crippen LogP contribution >= 0.6 is 0 Å². The van der Waals surface area contributed by atoms with Crippen molar-refractivity contribution in [3.8, 4) is 5.75 Å². The first kappa shape index (κ1) is 15.4. The molecule has 1 heterocycles. The predicted molar refractivity (Wildman–Crippen MR) is 80.6 cm³/mol. The fourth-order valence-electron chi connectivity index (χ4n) is 2.09. The molecule has 0 atom stereocenters. The molecule has 5 heteroatoms. The van der Waals surface area contributed by atoms with E-state index in [4.69, 9.17) is 14.2 Å². The van der Waals surface area contributed by atoms with Crippen molar-refractivity contribution in [3.05, 3.63) is 30.5 Å². The second-order valence-corrected chi connectivity index (χ2v) is 4.70. The number of methoxy groups -OCH3 is 1. The van der Waals surface area contributed by atoms with Crippen LogP contribution in [0.2, 0.25) is 0 Å². The van der Waals surface area contributed by atoms with Gasteiger partial charge < -0.3 is 18.8 Å². The minimum atomic E-state index is -0.261. The zero-order chi connectivity index (χ0) is 15.1. The predicted octanol–water partition coefficient (Wildman–Crippen LogP) is 2.62. The molecule has 21 heavy (non-hydrogen) atoms. The molecule has 0 aliphatic rings. The molecular weight excluding hydrogens is 270 g/mol. The molecule has 0 aliphatic carbocycles. The highest BCUT2D eigenvalue weighted by Gasteiger charge is 2.08. The Morgan fingerprint density at radius 3 is 2.81 bits per heavy atom. The quantitative estimate of drug-likeness (QED) is 0.554. The summed E-state index contributed by atoms with van der Waals surface area (Å²) in [4.78, 5) is 11.8. The molecule has 2 aromatic rings. The van der Waals surface area contributed by atoms with Crippen LogP contribution in [0.1, 0.15) is 13.3 Å². The molecule has 0 aliphatic heterocycles. The molecule has 5 nitrogen and oxygen atoms in total. The molecule has 0 saturated heterocycles. The van der Waals surface area contributed by atoms with Gasteiger partial charge >= 0.3 is 5.97 Å². The third-order valence-corrected chi connectivity index (χ3v) is 3.12. The summed E-state index contributed by atoms with van der Waals surface area (Å²) < 4.78 is 17.5. The smallest absolute Gasteiger partial charge is 0.326 e. The summed E-state index contributed by atoms with van der Waals surface area (Å²) in [5.41, 5.74) is 0.981. The van der Waals surface area contributed by atoms with Crippen molar-refractivity contribution in [2.75, 3.05) is 26.9 Å². The van der Waals surface area contributed by atoms with E-state index in [0.717, 1.165) is 23.1 Å². The Balaban J connectivity index is 1.89. The Kier molecular flexibility index (Phi) is 5.63. The summed E-state index contributed by atoms with van der Waals surface area (Å²) in [6.07, 6.45) is 2.84. The van der Waals surface area contributed by atoms with Gasteiger partial charge in [-0.1, -0.05) is 6.92 Å². The number of hydrogen-bond acceptors (Lipinski definition) is 4. The van der Waals surface area contributed by atoms with Crippen LogP contribution in [0, 0.1) is 0 Å². The monoisotopic (exact) mass is 291 g/mol. The van der Waals surface area contributed by atoms with Crippen molar-refractivity contribution in [1.82, 2.24) is 4.57 Å². The third-order valence-electron chi connectivity index (χ3n) is 3.12. The first-order valence-corrected chi connectivity index (χ1v) is 7.11. The zero-order valence-corrected chi connectivity index (χ0v) is 12.5. The second kappa shape index (κ2) is 7.69. The van der Waals surface area contributed by atoms with Crippen LogP contribution in [-0.2, 0) is 20.8 Å². The van der Waals surface area contributed by atoms with Gasteiger partial charge in [0.1, 0.15) is 18.9 Å². The van der Waals surface area contributed by atoms with Gasteiger partial charge in [0, 0.05) is 23.7 Å². The molecule has 2 rings (SSSR count). The van der Waals surface area contributed by atoms with Gasteiger partial charge in [0.05, 0.1) is 13.7 Å². The molecule has 0 unspecified atom stereocenters. The number of esters is 1. The van der Waals surface area contributed by atoms with Gasteiger partial charge in [-0.3, -0.25) is 4.79 Å². The standard InChI is InChI=1S/C16H21NO4/c1-3-8-20-9-10-21-16(18)12-17-7-6-13-11-14(19-2)4-5-15(13)17/h4-7,11H,3,8-10,12H2,1-2H3. The zero-order valence-electron chi connectivity index (χ0n) is 12.5. The van der Waals surface area contributed by atoms with Crippen LogP contribution in [0.5, 0.6) is 5.75 Å². The number of ether oxygens (including phenoxy) is 3. The number of fused-ring (bicyclic) bond motifs is 1. The molecule has 0 amide bonds. The number of carbonyl (C=O) groups excluding carboxylic acids is 1. The number of nitrogens with zero attached hydrogens (tertiary/aromatic N) is 1. The Morgan fingerprint density at radius 1 is 1.19 bits per heavy atom. The van der Waals surface area contributed by atoms with E-state index in [-0.39, 0.29) is 12.5 Å². The van der Waals surface area contributed by atoms with Gasteiger partial charge in [-0.05, 0) is 30.7 Å². The Labute approximate surface area is 124 Å². The van der Waals surface area contributed by atoms with Crippen LogP contribution in [0.25, 0.3) is 10.9 Å². The van der Waals surface area contributed by atoms with Gasteiger partial charge in [-0.15, -0.1) is 0 Å². The van der Waals surface area contributed by atoms with Crippen LogP contribution in [-0.4, -0.2) is 37.5 Å². The number of aromatic nitrogens is 1. The van der Waals surface area contributed by atoms with Crippen LogP contribution < -0.4 is 4.74 Å². The number of benzene rings is 1. The second-order valence-electron chi connectivity index (χ2n) is 4.70. The van der Waals surface area contributed by atoms with Gasteiger partial charge in [-0.2, -0.15) is 0 Å². The van der Waals surface area contributed by atoms with Crippen LogP contribution in [0.15, 0.2) is 30.5 Å². The highest BCUT2D eigenvalue weighted by Crippen LogP contribution is 2.21. The summed E-state index contributed by atoms with van der Waals surface area (Å²) in [6.45, 7) is 3.68. The fraction of sp³-hybridized carbons (Fsp3) is 0.438. The molecule has 0 fully saturated rings. The number of rotatable bonds is 8. The number of carbonyl (C=O) groups is 1. The maximum atomic E-state index is 11.8. The molecule has 0 saturated carbocycles. The summed E-state index contributed by atoms with van der Waals surface area (Å²) in [5.74, 6) is 0.541. The molecule has 0 radical (unpaired) electrons. The van der Waals surface area contributed by atoms with Crippen LogP contribution in [0.3, 0.4) is 0 Å². The van der Waals surface area contributed by atoms with Crippen molar-refractivity contribution in [2.24, 2.45) is 0 Å². The summed E-state index contributed by atoms with van der Waals surface area (Å²) in [6, 6.07) is 7.71. The van der Waals surface area contributed by atoms with Gasteiger partial charge in [0.15, 0.2) is 0 Å². The molecule has 0 N–H and O–H groups in total. The van der Waals surface area contributed by atoms with E-state index in [2.05, 4.69) is 0 Å². The van der Waals surface area contributed by atoms with E-state index in [9.17, 15) is 4.79 Å². The lowest BCUT2D eigenvalue weighted by atomic mass is 10.2. The minimum Gasteiger partial charge on any atom is -0.497 e. The Hall–Kier alpha value is -2.01. The lowest BCUT2D eigenvalue weighted by Gasteiger charge is -2.07. The Morgan fingerprint density at radius 2 is 2.05 bits per heavy atom. The lowest BCUT2D eigenvalue weighted by Crippen LogP contribution is -2.16. The van der Waals surface area contributed by atoms with Crippen LogP contribution in [0.4, 0.5) is 0 Å². The summed E-state index contributed by atoms with van der Waals surface area (Å²) >= 11 is 0. The average Bonchev–Trinajstić information content (AvgIpc) is 2.89. The molecule has 0 bridgehead atoms. The normalized spacial score (nSPS) is 10.8. The summed E-state index contributed by atoms with van der Waals surface area (Å²) in [5, 5.41) is 1.04. The topological polar surface area (TPSA) is 49.7 Å². The molecule has 0 spiro atoms. The van der Waals surface area contributed by atoms with E-state index in [1.807, 2.05) is 42.0 Å². The molecule has 1 aromatic carbocycles. The Bertz CT molecular complexity index is 591. The largest absolute Gasteiger partial charge is 0.497 e. The molecule has 1 aromatic heterocycles. The minimum absolute atomic E-state index is 0.198. The van der Waals surface area contributed by atoms with Crippen molar-refractivity contribution < 1.29 is 19.0 Å². The first-order valence-electron chi connectivity index (χ1n) is 7.11. The first-order chi connectivity index (χ1) is 10.2. The maximum Gasteiger partial charge on any atom is 0.326 e. The highest BCUT2D eigenvalue weighted by atomic mass is 16.6. The van der Waals surface area contributed by atoms with Crippen molar-refractivity contribution in [2.45, 2.75) is 19.9 Å². The van der Waals surface area contributed by atoms with E-state index < -0.39 is 0 Å². The van der Waals surface area contributed by atoms with Gasteiger partial charge in [-0.25, -0.2) is 0 Å². The maximum absolute atomic E-state index is 11.8. The van der Waals surface area contributed by atoms with Gasteiger partial charge in [0.2, 0.25) is 0 Å².